The first-order valence-corrected chi connectivity index (χ1v) is 5.89. The van der Waals surface area contributed by atoms with Crippen molar-refractivity contribution >= 4 is 0 Å². The van der Waals surface area contributed by atoms with Gasteiger partial charge in [-0.15, -0.1) is 0 Å². The van der Waals surface area contributed by atoms with Gasteiger partial charge in [-0.25, -0.2) is 4.39 Å². The highest BCUT2D eigenvalue weighted by molar-refractivity contribution is 5.20. The molecule has 2 nitrogen and oxygen atoms in total. The van der Waals surface area contributed by atoms with Crippen LogP contribution in [0.3, 0.4) is 0 Å². The summed E-state index contributed by atoms with van der Waals surface area (Å²) in [4.78, 5) is 0. The van der Waals surface area contributed by atoms with E-state index in [0.717, 1.165) is 31.7 Å². The summed E-state index contributed by atoms with van der Waals surface area (Å²) >= 11 is 0. The van der Waals surface area contributed by atoms with E-state index in [-0.39, 0.29) is 11.9 Å². The molecule has 0 aromatic heterocycles. The summed E-state index contributed by atoms with van der Waals surface area (Å²) in [6.45, 7) is 4.85. The molecule has 1 N–H and O–H groups in total. The van der Waals surface area contributed by atoms with Crippen LogP contribution in [0.2, 0.25) is 0 Å². The molecule has 0 bridgehead atoms. The van der Waals surface area contributed by atoms with Crippen molar-refractivity contribution in [2.24, 2.45) is 5.92 Å². The average molecular weight is 223 g/mol. The number of benzene rings is 1. The van der Waals surface area contributed by atoms with Crippen molar-refractivity contribution in [2.45, 2.75) is 19.4 Å². The first-order valence-electron chi connectivity index (χ1n) is 5.89. The normalized spacial score (nSPS) is 24.9. The second-order valence-corrected chi connectivity index (χ2v) is 4.20. The van der Waals surface area contributed by atoms with E-state index in [9.17, 15) is 4.39 Å². The van der Waals surface area contributed by atoms with Gasteiger partial charge in [0.1, 0.15) is 5.82 Å². The molecule has 16 heavy (non-hydrogen) atoms. The maximum atomic E-state index is 12.8. The van der Waals surface area contributed by atoms with E-state index in [0.29, 0.717) is 5.92 Å². The molecule has 1 aromatic rings. The number of ether oxygens (including phenoxy) is 1. The van der Waals surface area contributed by atoms with E-state index in [2.05, 4.69) is 12.2 Å². The van der Waals surface area contributed by atoms with Gasteiger partial charge in [0.25, 0.3) is 0 Å². The Balaban J connectivity index is 2.04. The van der Waals surface area contributed by atoms with Crippen LogP contribution in [0.5, 0.6) is 0 Å². The molecule has 3 heteroatoms. The van der Waals surface area contributed by atoms with E-state index in [4.69, 9.17) is 4.74 Å². The van der Waals surface area contributed by atoms with Gasteiger partial charge in [-0.05, 0) is 30.7 Å². The Morgan fingerprint density at radius 3 is 2.81 bits per heavy atom. The van der Waals surface area contributed by atoms with Crippen molar-refractivity contribution in [2.75, 3.05) is 19.7 Å². The highest BCUT2D eigenvalue weighted by atomic mass is 19.1. The standard InChI is InChI=1S/C13H18FNO/c1-2-15-9-11-7-8-16-13(11)10-3-5-12(14)6-4-10/h3-6,11,13,15H,2,7-9H2,1H3. The number of nitrogens with one attached hydrogen (secondary N) is 1. The minimum atomic E-state index is -0.190. The molecule has 1 aliphatic rings. The average Bonchev–Trinajstić information content (AvgIpc) is 2.75. The maximum absolute atomic E-state index is 12.8. The lowest BCUT2D eigenvalue weighted by Gasteiger charge is -2.19. The van der Waals surface area contributed by atoms with E-state index >= 15 is 0 Å². The Morgan fingerprint density at radius 2 is 2.12 bits per heavy atom. The van der Waals surface area contributed by atoms with Crippen molar-refractivity contribution < 1.29 is 9.13 Å². The van der Waals surface area contributed by atoms with Crippen LogP contribution in [0.15, 0.2) is 24.3 Å². The molecule has 0 radical (unpaired) electrons. The van der Waals surface area contributed by atoms with Gasteiger partial charge in [-0.1, -0.05) is 19.1 Å². The molecular formula is C13H18FNO. The Labute approximate surface area is 95.8 Å². The van der Waals surface area contributed by atoms with Crippen molar-refractivity contribution in [3.05, 3.63) is 35.6 Å². The number of hydrogen-bond acceptors (Lipinski definition) is 2. The summed E-state index contributed by atoms with van der Waals surface area (Å²) in [6.07, 6.45) is 1.20. The van der Waals surface area contributed by atoms with Crippen molar-refractivity contribution in [1.82, 2.24) is 5.32 Å². The van der Waals surface area contributed by atoms with Crippen LogP contribution in [0.4, 0.5) is 4.39 Å². The van der Waals surface area contributed by atoms with Gasteiger partial charge in [0.15, 0.2) is 0 Å². The summed E-state index contributed by atoms with van der Waals surface area (Å²) in [5.74, 6) is 0.315. The fourth-order valence-electron chi connectivity index (χ4n) is 2.19. The SMILES string of the molecule is CCNCC1CCOC1c1ccc(F)cc1. The summed E-state index contributed by atoms with van der Waals surface area (Å²) in [6, 6.07) is 6.65. The van der Waals surface area contributed by atoms with E-state index in [1.54, 1.807) is 0 Å². The van der Waals surface area contributed by atoms with Gasteiger partial charge in [0, 0.05) is 19.1 Å². The fraction of sp³-hybridized carbons (Fsp3) is 0.538. The van der Waals surface area contributed by atoms with Gasteiger partial charge < -0.3 is 10.1 Å². The topological polar surface area (TPSA) is 21.3 Å². The van der Waals surface area contributed by atoms with E-state index < -0.39 is 0 Å². The predicted molar refractivity (Wildman–Crippen MR) is 61.7 cm³/mol. The molecule has 1 aromatic carbocycles. The van der Waals surface area contributed by atoms with Crippen LogP contribution >= 0.6 is 0 Å². The Hall–Kier alpha value is -0.930. The molecular weight excluding hydrogens is 205 g/mol. The quantitative estimate of drug-likeness (QED) is 0.846. The third-order valence-corrected chi connectivity index (χ3v) is 3.07. The van der Waals surface area contributed by atoms with Crippen molar-refractivity contribution in [3.8, 4) is 0 Å². The minimum Gasteiger partial charge on any atom is -0.373 e. The van der Waals surface area contributed by atoms with E-state index in [1.165, 1.54) is 12.1 Å². The number of halogens is 1. The Bertz CT molecular complexity index is 325. The number of hydrogen-bond donors (Lipinski definition) is 1. The zero-order valence-corrected chi connectivity index (χ0v) is 9.58. The predicted octanol–water partition coefficient (Wildman–Crippen LogP) is 2.51. The molecule has 2 unspecified atom stereocenters. The van der Waals surface area contributed by atoms with Crippen molar-refractivity contribution in [1.29, 1.82) is 0 Å². The van der Waals surface area contributed by atoms with Gasteiger partial charge in [-0.3, -0.25) is 0 Å². The lowest BCUT2D eigenvalue weighted by molar-refractivity contribution is 0.0906. The van der Waals surface area contributed by atoms with Gasteiger partial charge in [-0.2, -0.15) is 0 Å². The lowest BCUT2D eigenvalue weighted by Crippen LogP contribution is -2.24. The summed E-state index contributed by atoms with van der Waals surface area (Å²) < 4.78 is 18.5. The van der Waals surface area contributed by atoms with Crippen LogP contribution < -0.4 is 5.32 Å². The van der Waals surface area contributed by atoms with Gasteiger partial charge >= 0.3 is 0 Å². The lowest BCUT2D eigenvalue weighted by atomic mass is 9.95. The highest BCUT2D eigenvalue weighted by Crippen LogP contribution is 2.33. The van der Waals surface area contributed by atoms with Crippen LogP contribution in [0.1, 0.15) is 25.0 Å². The summed E-state index contributed by atoms with van der Waals surface area (Å²) in [5.41, 5.74) is 1.09. The van der Waals surface area contributed by atoms with E-state index in [1.807, 2.05) is 12.1 Å². The molecule has 88 valence electrons. The highest BCUT2D eigenvalue weighted by Gasteiger charge is 2.28. The van der Waals surface area contributed by atoms with Crippen LogP contribution in [-0.2, 0) is 4.74 Å². The molecule has 0 aliphatic carbocycles. The summed E-state index contributed by atoms with van der Waals surface area (Å²) in [7, 11) is 0. The first-order chi connectivity index (χ1) is 7.81. The molecule has 1 heterocycles. The smallest absolute Gasteiger partial charge is 0.123 e. The first kappa shape index (κ1) is 11.6. The molecule has 2 atom stereocenters. The molecule has 0 saturated carbocycles. The van der Waals surface area contributed by atoms with Crippen LogP contribution in [-0.4, -0.2) is 19.7 Å². The zero-order chi connectivity index (χ0) is 11.4. The second kappa shape index (κ2) is 5.41. The third kappa shape index (κ3) is 2.60. The minimum absolute atomic E-state index is 0.125. The Kier molecular flexibility index (Phi) is 3.91. The Morgan fingerprint density at radius 1 is 1.38 bits per heavy atom. The molecule has 1 aliphatic heterocycles. The maximum Gasteiger partial charge on any atom is 0.123 e. The molecule has 0 amide bonds. The molecule has 1 fully saturated rings. The number of rotatable bonds is 4. The molecule has 2 rings (SSSR count). The third-order valence-electron chi connectivity index (χ3n) is 3.07. The molecule has 0 spiro atoms. The molecule has 1 saturated heterocycles. The van der Waals surface area contributed by atoms with Gasteiger partial charge in [0.2, 0.25) is 0 Å². The monoisotopic (exact) mass is 223 g/mol. The van der Waals surface area contributed by atoms with Crippen LogP contribution in [0.25, 0.3) is 0 Å². The van der Waals surface area contributed by atoms with Gasteiger partial charge in [0.05, 0.1) is 6.10 Å². The second-order valence-electron chi connectivity index (χ2n) is 4.20. The zero-order valence-electron chi connectivity index (χ0n) is 9.58. The van der Waals surface area contributed by atoms with Crippen molar-refractivity contribution in [3.63, 3.8) is 0 Å². The fourth-order valence-corrected chi connectivity index (χ4v) is 2.19. The van der Waals surface area contributed by atoms with Crippen LogP contribution in [0, 0.1) is 11.7 Å². The largest absolute Gasteiger partial charge is 0.373 e. The summed E-state index contributed by atoms with van der Waals surface area (Å²) in [5, 5.41) is 3.35.